The molecule has 0 bridgehead atoms. The molecule has 0 aliphatic heterocycles. The van der Waals surface area contributed by atoms with Gasteiger partial charge in [-0.25, -0.2) is 9.50 Å². The summed E-state index contributed by atoms with van der Waals surface area (Å²) in [6.07, 6.45) is 5.25. The predicted molar refractivity (Wildman–Crippen MR) is 97.1 cm³/mol. The van der Waals surface area contributed by atoms with Crippen molar-refractivity contribution >= 4 is 11.6 Å². The summed E-state index contributed by atoms with van der Waals surface area (Å²) in [4.78, 5) is 25.0. The normalized spacial score (nSPS) is 11.0. The zero-order valence-corrected chi connectivity index (χ0v) is 14.1. The van der Waals surface area contributed by atoms with Gasteiger partial charge in [-0.3, -0.25) is 14.8 Å². The second-order valence-corrected chi connectivity index (χ2v) is 5.96. The lowest BCUT2D eigenvalue weighted by molar-refractivity contribution is -0.117. The van der Waals surface area contributed by atoms with Crippen LogP contribution in [0.4, 0.5) is 0 Å². The zero-order chi connectivity index (χ0) is 18.1. The monoisotopic (exact) mass is 344 g/mol. The molecule has 2 N–H and O–H groups in total. The summed E-state index contributed by atoms with van der Waals surface area (Å²) in [5, 5.41) is 4.22. The van der Waals surface area contributed by atoms with Crippen LogP contribution in [0.15, 0.2) is 55.0 Å². The lowest BCUT2D eigenvalue weighted by Gasteiger charge is -2.09. The first-order valence-electron chi connectivity index (χ1n) is 8.13. The van der Waals surface area contributed by atoms with Crippen molar-refractivity contribution in [1.82, 2.24) is 24.6 Å². The van der Waals surface area contributed by atoms with Crippen LogP contribution in [0.2, 0.25) is 0 Å². The van der Waals surface area contributed by atoms with Crippen molar-refractivity contribution in [2.45, 2.75) is 13.3 Å². The molecular weight excluding hydrogens is 328 g/mol. The van der Waals surface area contributed by atoms with Gasteiger partial charge in [-0.1, -0.05) is 6.07 Å². The van der Waals surface area contributed by atoms with Gasteiger partial charge in [0.15, 0.2) is 5.65 Å². The summed E-state index contributed by atoms with van der Waals surface area (Å²) in [7, 11) is 0. The molecule has 0 atom stereocenters. The molecule has 4 rings (SSSR count). The number of fused-ring (bicyclic) bond motifs is 1. The van der Waals surface area contributed by atoms with E-state index in [1.54, 1.807) is 16.9 Å². The second-order valence-electron chi connectivity index (χ2n) is 5.96. The van der Waals surface area contributed by atoms with E-state index < -0.39 is 5.91 Å². The molecule has 0 aromatic carbocycles. The maximum absolute atomic E-state index is 11.3. The average molecular weight is 344 g/mol. The first-order chi connectivity index (χ1) is 12.6. The maximum atomic E-state index is 11.3. The predicted octanol–water partition coefficient (Wildman–Crippen LogP) is 2.19. The largest absolute Gasteiger partial charge is 0.369 e. The van der Waals surface area contributed by atoms with E-state index in [4.69, 9.17) is 10.7 Å². The van der Waals surface area contributed by atoms with Gasteiger partial charge in [-0.05, 0) is 37.3 Å². The highest BCUT2D eigenvalue weighted by atomic mass is 16.1. The van der Waals surface area contributed by atoms with Crippen LogP contribution in [0.3, 0.4) is 0 Å². The molecule has 0 fully saturated rings. The minimum Gasteiger partial charge on any atom is -0.369 e. The molecule has 128 valence electrons. The summed E-state index contributed by atoms with van der Waals surface area (Å²) < 4.78 is 1.63. The molecule has 7 heteroatoms. The van der Waals surface area contributed by atoms with E-state index in [-0.39, 0.29) is 6.42 Å². The molecule has 0 saturated heterocycles. The van der Waals surface area contributed by atoms with Crippen LogP contribution in [0.1, 0.15) is 11.3 Å². The van der Waals surface area contributed by atoms with E-state index >= 15 is 0 Å². The number of pyridine rings is 2. The fraction of sp³-hybridized carbons (Fsp3) is 0.105. The molecule has 0 aliphatic carbocycles. The molecule has 26 heavy (non-hydrogen) atoms. The van der Waals surface area contributed by atoms with Crippen molar-refractivity contribution in [1.29, 1.82) is 0 Å². The highest BCUT2D eigenvalue weighted by Gasteiger charge is 2.14. The van der Waals surface area contributed by atoms with Gasteiger partial charge in [0.05, 0.1) is 29.7 Å². The number of hydrogen-bond donors (Lipinski definition) is 1. The summed E-state index contributed by atoms with van der Waals surface area (Å²) in [6.45, 7) is 1.94. The second kappa shape index (κ2) is 6.36. The Bertz CT molecular complexity index is 1120. The fourth-order valence-corrected chi connectivity index (χ4v) is 2.87. The summed E-state index contributed by atoms with van der Waals surface area (Å²) in [6, 6.07) is 11.5. The molecule has 0 aliphatic rings. The number of carbonyl (C=O) groups is 1. The third-order valence-corrected chi connectivity index (χ3v) is 4.02. The van der Waals surface area contributed by atoms with Gasteiger partial charge in [0.1, 0.15) is 0 Å². The number of hydrogen-bond acceptors (Lipinski definition) is 5. The Morgan fingerprint density at radius 2 is 2.00 bits per heavy atom. The molecule has 4 heterocycles. The zero-order valence-electron chi connectivity index (χ0n) is 14.1. The van der Waals surface area contributed by atoms with Gasteiger partial charge in [0.2, 0.25) is 5.91 Å². The number of aryl methyl sites for hydroxylation is 1. The van der Waals surface area contributed by atoms with Crippen molar-refractivity contribution in [3.63, 3.8) is 0 Å². The van der Waals surface area contributed by atoms with Gasteiger partial charge >= 0.3 is 0 Å². The number of carbonyl (C=O) groups excluding carboxylic acids is 1. The van der Waals surface area contributed by atoms with E-state index in [1.807, 2.05) is 49.5 Å². The topological polar surface area (TPSA) is 99.1 Å². The lowest BCUT2D eigenvalue weighted by atomic mass is 10.1. The standard InChI is InChI=1S/C19H16N6O/c1-12-4-2-6-16(23-12)18-14(5-3-8-21-18)15-7-9-25-19(24-15)13(11-22-25)10-17(20)26/h2-9,11H,10H2,1H3,(H2,20,26). The number of nitrogens with zero attached hydrogens (tertiary/aromatic N) is 5. The summed E-state index contributed by atoms with van der Waals surface area (Å²) in [5.74, 6) is -0.418. The van der Waals surface area contributed by atoms with Crippen LogP contribution in [0, 0.1) is 6.92 Å². The number of primary amides is 1. The minimum absolute atomic E-state index is 0.0965. The highest BCUT2D eigenvalue weighted by molar-refractivity contribution is 5.80. The third kappa shape index (κ3) is 2.90. The van der Waals surface area contributed by atoms with Gasteiger partial charge in [-0.2, -0.15) is 5.10 Å². The van der Waals surface area contributed by atoms with E-state index in [1.165, 1.54) is 0 Å². The van der Waals surface area contributed by atoms with E-state index in [0.717, 1.165) is 28.3 Å². The Labute approximate surface area is 149 Å². The molecule has 1 amide bonds. The number of rotatable bonds is 4. The lowest BCUT2D eigenvalue weighted by Crippen LogP contribution is -2.13. The van der Waals surface area contributed by atoms with Crippen molar-refractivity contribution in [3.8, 4) is 22.6 Å². The molecule has 4 aromatic rings. The van der Waals surface area contributed by atoms with Gasteiger partial charge in [0, 0.05) is 29.2 Å². The van der Waals surface area contributed by atoms with Gasteiger partial charge < -0.3 is 5.73 Å². The minimum atomic E-state index is -0.418. The summed E-state index contributed by atoms with van der Waals surface area (Å²) >= 11 is 0. The van der Waals surface area contributed by atoms with E-state index in [0.29, 0.717) is 11.2 Å². The maximum Gasteiger partial charge on any atom is 0.222 e. The highest BCUT2D eigenvalue weighted by Crippen LogP contribution is 2.28. The van der Waals surface area contributed by atoms with Crippen LogP contribution in [-0.2, 0) is 11.2 Å². The van der Waals surface area contributed by atoms with Crippen LogP contribution < -0.4 is 5.73 Å². The van der Waals surface area contributed by atoms with Crippen LogP contribution in [0.5, 0.6) is 0 Å². The number of nitrogens with two attached hydrogens (primary N) is 1. The van der Waals surface area contributed by atoms with Crippen LogP contribution >= 0.6 is 0 Å². The van der Waals surface area contributed by atoms with Crippen molar-refractivity contribution < 1.29 is 4.79 Å². The van der Waals surface area contributed by atoms with Crippen LogP contribution in [-0.4, -0.2) is 30.5 Å². The fourth-order valence-electron chi connectivity index (χ4n) is 2.87. The molecule has 0 saturated carbocycles. The SMILES string of the molecule is Cc1cccc(-c2ncccc2-c2ccn3ncc(CC(N)=O)c3n2)n1. The van der Waals surface area contributed by atoms with Crippen LogP contribution in [0.25, 0.3) is 28.3 Å². The smallest absolute Gasteiger partial charge is 0.222 e. The molecule has 0 radical (unpaired) electrons. The van der Waals surface area contributed by atoms with E-state index in [2.05, 4.69) is 15.1 Å². The molecule has 7 nitrogen and oxygen atoms in total. The Kier molecular flexibility index (Phi) is 3.89. The van der Waals surface area contributed by atoms with Crippen molar-refractivity contribution in [3.05, 3.63) is 66.2 Å². The summed E-state index contributed by atoms with van der Waals surface area (Å²) in [5.41, 5.74) is 10.7. The Hall–Kier alpha value is -3.61. The third-order valence-electron chi connectivity index (χ3n) is 4.02. The number of amides is 1. The van der Waals surface area contributed by atoms with Gasteiger partial charge in [0.25, 0.3) is 0 Å². The molecule has 0 unspecified atom stereocenters. The quantitative estimate of drug-likeness (QED) is 0.612. The molecule has 4 aromatic heterocycles. The van der Waals surface area contributed by atoms with Gasteiger partial charge in [-0.15, -0.1) is 0 Å². The Balaban J connectivity index is 1.87. The first-order valence-corrected chi connectivity index (χ1v) is 8.13. The van der Waals surface area contributed by atoms with Crippen molar-refractivity contribution in [2.75, 3.05) is 0 Å². The molecular formula is C19H16N6O. The first kappa shape index (κ1) is 15.9. The molecule has 0 spiro atoms. The Morgan fingerprint density at radius 1 is 1.12 bits per heavy atom. The van der Waals surface area contributed by atoms with Crippen molar-refractivity contribution in [2.24, 2.45) is 5.73 Å². The Morgan fingerprint density at radius 3 is 2.81 bits per heavy atom. The number of aromatic nitrogens is 5. The average Bonchev–Trinajstić information content (AvgIpc) is 3.03. The van der Waals surface area contributed by atoms with E-state index in [9.17, 15) is 4.79 Å².